The van der Waals surface area contributed by atoms with E-state index in [4.69, 9.17) is 14.4 Å². The minimum atomic E-state index is -4.40. The van der Waals surface area contributed by atoms with Crippen LogP contribution in [0.25, 0.3) is 0 Å². The molecule has 6 heteroatoms. The summed E-state index contributed by atoms with van der Waals surface area (Å²) >= 11 is 0. The van der Waals surface area contributed by atoms with Gasteiger partial charge in [0.25, 0.3) is 10.1 Å². The van der Waals surface area contributed by atoms with Crippen molar-refractivity contribution >= 4 is 10.1 Å². The number of aromatic hydroxyl groups is 1. The first-order valence-corrected chi connectivity index (χ1v) is 5.32. The Balaban J connectivity index is 3.22. The van der Waals surface area contributed by atoms with Gasteiger partial charge in [-0.05, 0) is 19.1 Å². The maximum absolute atomic E-state index is 10.8. The van der Waals surface area contributed by atoms with Crippen LogP contribution in [-0.2, 0) is 10.1 Å². The monoisotopic (exact) mass is 218 g/mol. The van der Waals surface area contributed by atoms with E-state index in [1.165, 1.54) is 6.07 Å². The van der Waals surface area contributed by atoms with Crippen LogP contribution >= 0.6 is 0 Å². The van der Waals surface area contributed by atoms with E-state index in [1.807, 2.05) is 0 Å². The Morgan fingerprint density at radius 3 is 2.57 bits per heavy atom. The summed E-state index contributed by atoms with van der Waals surface area (Å²) < 4.78 is 35.2. The van der Waals surface area contributed by atoms with Crippen LogP contribution in [-0.4, -0.2) is 24.7 Å². The Bertz CT molecular complexity index is 423. The van der Waals surface area contributed by atoms with E-state index in [9.17, 15) is 8.42 Å². The van der Waals surface area contributed by atoms with E-state index >= 15 is 0 Å². The van der Waals surface area contributed by atoms with E-state index in [0.29, 0.717) is 6.61 Å². The maximum Gasteiger partial charge on any atom is 0.298 e. The van der Waals surface area contributed by atoms with Crippen molar-refractivity contribution in [3.8, 4) is 11.5 Å². The fraction of sp³-hybridized carbons (Fsp3) is 0.250. The molecule has 0 aromatic heterocycles. The average Bonchev–Trinajstić information content (AvgIpc) is 2.07. The summed E-state index contributed by atoms with van der Waals surface area (Å²) in [5.74, 6) is -0.228. The average molecular weight is 218 g/mol. The lowest BCUT2D eigenvalue weighted by molar-refractivity contribution is 0.337. The molecule has 0 saturated heterocycles. The number of phenolic OH excluding ortho intramolecular Hbond substituents is 1. The van der Waals surface area contributed by atoms with Gasteiger partial charge in [0.15, 0.2) is 0 Å². The first-order valence-electron chi connectivity index (χ1n) is 3.88. The Hall–Kier alpha value is -1.27. The maximum atomic E-state index is 10.8. The summed E-state index contributed by atoms with van der Waals surface area (Å²) in [6.07, 6.45) is 0. The summed E-state index contributed by atoms with van der Waals surface area (Å²) in [7, 11) is -4.40. The molecule has 0 heterocycles. The highest BCUT2D eigenvalue weighted by molar-refractivity contribution is 7.86. The number of phenols is 1. The number of benzene rings is 1. The lowest BCUT2D eigenvalue weighted by Gasteiger charge is -2.05. The summed E-state index contributed by atoms with van der Waals surface area (Å²) in [4.78, 5) is -0.552. The first-order chi connectivity index (χ1) is 6.45. The van der Waals surface area contributed by atoms with Crippen LogP contribution in [0.1, 0.15) is 6.92 Å². The zero-order valence-electron chi connectivity index (χ0n) is 7.47. The smallest absolute Gasteiger partial charge is 0.298 e. The second kappa shape index (κ2) is 3.85. The minimum Gasteiger partial charge on any atom is -0.506 e. The number of hydrogen-bond acceptors (Lipinski definition) is 4. The van der Waals surface area contributed by atoms with Gasteiger partial charge in [0.1, 0.15) is 16.4 Å². The molecule has 1 aromatic rings. The van der Waals surface area contributed by atoms with Crippen LogP contribution in [0.15, 0.2) is 23.1 Å². The second-order valence-corrected chi connectivity index (χ2v) is 3.93. The molecule has 0 bridgehead atoms. The fourth-order valence-corrected chi connectivity index (χ4v) is 1.55. The molecule has 0 aliphatic carbocycles. The summed E-state index contributed by atoms with van der Waals surface area (Å²) in [6, 6.07) is 3.62. The molecule has 0 unspecified atom stereocenters. The van der Waals surface area contributed by atoms with Gasteiger partial charge in [-0.1, -0.05) is 0 Å². The number of ether oxygens (including phenoxy) is 1. The Morgan fingerprint density at radius 2 is 2.07 bits per heavy atom. The van der Waals surface area contributed by atoms with E-state index in [2.05, 4.69) is 0 Å². The molecule has 0 spiro atoms. The third-order valence-corrected chi connectivity index (χ3v) is 2.40. The highest BCUT2D eigenvalue weighted by Gasteiger charge is 2.15. The van der Waals surface area contributed by atoms with Crippen LogP contribution < -0.4 is 4.74 Å². The molecule has 0 saturated carbocycles. The van der Waals surface area contributed by atoms with E-state index in [-0.39, 0.29) is 5.75 Å². The molecular weight excluding hydrogens is 208 g/mol. The van der Waals surface area contributed by atoms with Gasteiger partial charge in [-0.25, -0.2) is 0 Å². The summed E-state index contributed by atoms with van der Waals surface area (Å²) in [5.41, 5.74) is 0. The largest absolute Gasteiger partial charge is 0.506 e. The molecule has 2 N–H and O–H groups in total. The molecule has 0 radical (unpaired) electrons. The van der Waals surface area contributed by atoms with Crippen molar-refractivity contribution in [3.63, 3.8) is 0 Å². The predicted molar refractivity (Wildman–Crippen MR) is 49.1 cm³/mol. The van der Waals surface area contributed by atoms with Crippen LogP contribution in [0.3, 0.4) is 0 Å². The van der Waals surface area contributed by atoms with Gasteiger partial charge in [-0.3, -0.25) is 4.55 Å². The van der Waals surface area contributed by atoms with Crippen LogP contribution in [0.4, 0.5) is 0 Å². The van der Waals surface area contributed by atoms with Gasteiger partial charge in [-0.15, -0.1) is 0 Å². The molecule has 1 rings (SSSR count). The third-order valence-electron chi connectivity index (χ3n) is 1.52. The normalized spacial score (nSPS) is 11.3. The van der Waals surface area contributed by atoms with Crippen LogP contribution in [0, 0.1) is 0 Å². The van der Waals surface area contributed by atoms with Crippen LogP contribution in [0.2, 0.25) is 0 Å². The zero-order valence-corrected chi connectivity index (χ0v) is 8.28. The van der Waals surface area contributed by atoms with Gasteiger partial charge in [0.2, 0.25) is 0 Å². The minimum absolute atomic E-state index is 0.276. The third kappa shape index (κ3) is 2.36. The molecule has 78 valence electrons. The molecule has 0 aliphatic heterocycles. The van der Waals surface area contributed by atoms with E-state index in [1.54, 1.807) is 6.92 Å². The number of hydrogen-bond donors (Lipinski definition) is 2. The molecule has 5 nitrogen and oxygen atoms in total. The molecular formula is C8H10O5S. The Labute approximate surface area is 81.7 Å². The van der Waals surface area contributed by atoms with Crippen molar-refractivity contribution in [3.05, 3.63) is 18.2 Å². The van der Waals surface area contributed by atoms with Gasteiger partial charge in [0, 0.05) is 6.07 Å². The summed E-state index contributed by atoms with van der Waals surface area (Å²) in [6.45, 7) is 2.11. The Morgan fingerprint density at radius 1 is 1.43 bits per heavy atom. The fourth-order valence-electron chi connectivity index (χ4n) is 0.958. The molecule has 1 aromatic carbocycles. The molecule has 0 aliphatic rings. The van der Waals surface area contributed by atoms with E-state index < -0.39 is 20.8 Å². The standard InChI is InChI=1S/C8H10O5S/c1-2-13-6-3-4-7(9)8(5-6)14(10,11)12/h3-5,9H,2H2,1H3,(H,10,11,12). The summed E-state index contributed by atoms with van der Waals surface area (Å²) in [5, 5.41) is 9.14. The quantitative estimate of drug-likeness (QED) is 0.740. The lowest BCUT2D eigenvalue weighted by Crippen LogP contribution is -2.00. The molecule has 0 fully saturated rings. The predicted octanol–water partition coefficient (Wildman–Crippen LogP) is 1.04. The lowest BCUT2D eigenvalue weighted by atomic mass is 10.3. The van der Waals surface area contributed by atoms with Gasteiger partial charge >= 0.3 is 0 Å². The topological polar surface area (TPSA) is 83.8 Å². The van der Waals surface area contributed by atoms with Crippen molar-refractivity contribution < 1.29 is 22.8 Å². The van der Waals surface area contributed by atoms with Crippen molar-refractivity contribution in [2.24, 2.45) is 0 Å². The van der Waals surface area contributed by atoms with Gasteiger partial charge in [-0.2, -0.15) is 8.42 Å². The SMILES string of the molecule is CCOc1ccc(O)c(S(=O)(=O)O)c1. The van der Waals surface area contributed by atoms with Crippen molar-refractivity contribution in [1.29, 1.82) is 0 Å². The van der Waals surface area contributed by atoms with Crippen LogP contribution in [0.5, 0.6) is 11.5 Å². The highest BCUT2D eigenvalue weighted by atomic mass is 32.2. The van der Waals surface area contributed by atoms with Gasteiger partial charge < -0.3 is 9.84 Å². The van der Waals surface area contributed by atoms with E-state index in [0.717, 1.165) is 12.1 Å². The zero-order chi connectivity index (χ0) is 10.8. The second-order valence-electron chi connectivity index (χ2n) is 2.54. The highest BCUT2D eigenvalue weighted by Crippen LogP contribution is 2.26. The van der Waals surface area contributed by atoms with Crippen molar-refractivity contribution in [2.45, 2.75) is 11.8 Å². The molecule has 0 amide bonds. The van der Waals surface area contributed by atoms with Crippen molar-refractivity contribution in [2.75, 3.05) is 6.61 Å². The molecule has 0 atom stereocenters. The number of rotatable bonds is 3. The van der Waals surface area contributed by atoms with Gasteiger partial charge in [0.05, 0.1) is 6.61 Å². The first kappa shape index (κ1) is 10.8. The Kier molecular flexibility index (Phi) is 2.97. The van der Waals surface area contributed by atoms with Crippen molar-refractivity contribution in [1.82, 2.24) is 0 Å². The molecule has 14 heavy (non-hydrogen) atoms.